The van der Waals surface area contributed by atoms with Gasteiger partial charge in [-0.2, -0.15) is 0 Å². The van der Waals surface area contributed by atoms with Crippen molar-refractivity contribution >= 4 is 23.3 Å². The Morgan fingerprint density at radius 2 is 2.26 bits per heavy atom. The molecule has 0 unspecified atom stereocenters. The summed E-state index contributed by atoms with van der Waals surface area (Å²) in [5.74, 6) is -0.0917. The van der Waals surface area contributed by atoms with Crippen molar-refractivity contribution < 1.29 is 9.90 Å². The van der Waals surface area contributed by atoms with Crippen LogP contribution in [0.15, 0.2) is 11.5 Å². The van der Waals surface area contributed by atoms with E-state index in [-0.39, 0.29) is 5.91 Å². The van der Waals surface area contributed by atoms with Crippen molar-refractivity contribution in [1.29, 1.82) is 0 Å². The van der Waals surface area contributed by atoms with Gasteiger partial charge >= 0.3 is 0 Å². The molecule has 1 aliphatic carbocycles. The number of carbonyl (C=O) groups is 1. The van der Waals surface area contributed by atoms with Gasteiger partial charge in [0.2, 0.25) is 5.91 Å². The average molecular weight is 280 g/mol. The highest BCUT2D eigenvalue weighted by molar-refractivity contribution is 7.09. The number of hydrogen-bond acceptors (Lipinski definition) is 4. The largest absolute Gasteiger partial charge is 0.388 e. The zero-order chi connectivity index (χ0) is 13.9. The van der Waals surface area contributed by atoms with Crippen LogP contribution in [0.5, 0.6) is 0 Å². The Morgan fingerprint density at radius 1 is 1.58 bits per heavy atom. The Morgan fingerprint density at radius 3 is 2.84 bits per heavy atom. The van der Waals surface area contributed by atoms with Gasteiger partial charge < -0.3 is 10.0 Å². The van der Waals surface area contributed by atoms with Gasteiger partial charge in [0, 0.05) is 25.0 Å². The molecule has 4 nitrogen and oxygen atoms in total. The Balaban J connectivity index is 1.90. The van der Waals surface area contributed by atoms with Crippen molar-refractivity contribution in [1.82, 2.24) is 9.88 Å². The molecular weight excluding hydrogens is 260 g/mol. The van der Waals surface area contributed by atoms with E-state index in [2.05, 4.69) is 4.98 Å². The second kappa shape index (κ2) is 5.84. The van der Waals surface area contributed by atoms with E-state index in [1.165, 1.54) is 6.08 Å². The molecule has 1 aromatic rings. The Labute approximate surface area is 117 Å². The molecule has 0 spiro atoms. The summed E-state index contributed by atoms with van der Waals surface area (Å²) >= 11 is 1.56. The van der Waals surface area contributed by atoms with Gasteiger partial charge in [-0.3, -0.25) is 4.79 Å². The molecule has 0 saturated heterocycles. The number of likely N-dealkylation sites (N-methyl/N-ethyl adjacent to an activating group) is 1. The van der Waals surface area contributed by atoms with Gasteiger partial charge in [-0.05, 0) is 25.8 Å². The second-order valence-electron chi connectivity index (χ2n) is 5.25. The third-order valence-electron chi connectivity index (χ3n) is 3.48. The summed E-state index contributed by atoms with van der Waals surface area (Å²) in [6, 6.07) is 0. The lowest BCUT2D eigenvalue weighted by Crippen LogP contribution is -2.41. The molecular formula is C14H20N2O2S. The van der Waals surface area contributed by atoms with E-state index in [0.717, 1.165) is 36.4 Å². The molecule has 1 aliphatic rings. The minimum absolute atomic E-state index is 0.0917. The lowest BCUT2D eigenvalue weighted by Gasteiger charge is -2.27. The number of thiazole rings is 1. The highest BCUT2D eigenvalue weighted by Crippen LogP contribution is 2.29. The summed E-state index contributed by atoms with van der Waals surface area (Å²) in [4.78, 5) is 17.8. The number of amides is 1. The van der Waals surface area contributed by atoms with Crippen molar-refractivity contribution in [3.8, 4) is 0 Å². The Bertz CT molecular complexity index is 476. The van der Waals surface area contributed by atoms with Crippen molar-refractivity contribution in [2.45, 2.75) is 38.2 Å². The predicted molar refractivity (Wildman–Crippen MR) is 76.9 cm³/mol. The van der Waals surface area contributed by atoms with Gasteiger partial charge in [0.15, 0.2) is 0 Å². The molecule has 19 heavy (non-hydrogen) atoms. The molecule has 1 amide bonds. The molecule has 1 aromatic heterocycles. The summed E-state index contributed by atoms with van der Waals surface area (Å²) < 4.78 is 0. The van der Waals surface area contributed by atoms with E-state index in [1.54, 1.807) is 29.4 Å². The van der Waals surface area contributed by atoms with Gasteiger partial charge in [-0.1, -0.05) is 12.8 Å². The number of nitrogens with zero attached hydrogens (tertiary/aromatic N) is 2. The smallest absolute Gasteiger partial charge is 0.246 e. The molecule has 2 rings (SSSR count). The molecule has 1 fully saturated rings. The SMILES string of the molecule is Cc1nc(/C=C/C(=O)N(C)CC2(O)CCCC2)cs1. The van der Waals surface area contributed by atoms with Crippen molar-refractivity contribution in [2.75, 3.05) is 13.6 Å². The molecule has 1 heterocycles. The maximum atomic E-state index is 12.0. The fourth-order valence-electron chi connectivity index (χ4n) is 2.45. The van der Waals surface area contributed by atoms with Crippen LogP contribution in [-0.4, -0.2) is 40.1 Å². The van der Waals surface area contributed by atoms with Crippen LogP contribution in [0.2, 0.25) is 0 Å². The maximum Gasteiger partial charge on any atom is 0.246 e. The first-order chi connectivity index (χ1) is 8.98. The number of rotatable bonds is 4. The van der Waals surface area contributed by atoms with E-state index in [9.17, 15) is 9.90 Å². The lowest BCUT2D eigenvalue weighted by molar-refractivity contribution is -0.127. The minimum atomic E-state index is -0.685. The molecule has 0 radical (unpaired) electrons. The van der Waals surface area contributed by atoms with Crippen LogP contribution in [0.25, 0.3) is 6.08 Å². The zero-order valence-electron chi connectivity index (χ0n) is 11.4. The third-order valence-corrected chi connectivity index (χ3v) is 4.27. The Hall–Kier alpha value is -1.20. The number of aliphatic hydroxyl groups is 1. The predicted octanol–water partition coefficient (Wildman–Crippen LogP) is 2.23. The topological polar surface area (TPSA) is 53.4 Å². The van der Waals surface area contributed by atoms with Crippen molar-refractivity contribution in [3.63, 3.8) is 0 Å². The number of aryl methyl sites for hydroxylation is 1. The summed E-state index contributed by atoms with van der Waals surface area (Å²) in [5.41, 5.74) is 0.124. The van der Waals surface area contributed by atoms with E-state index in [4.69, 9.17) is 0 Å². The van der Waals surface area contributed by atoms with Crippen LogP contribution < -0.4 is 0 Å². The number of hydrogen-bond donors (Lipinski definition) is 1. The van der Waals surface area contributed by atoms with Crippen LogP contribution in [-0.2, 0) is 4.79 Å². The molecule has 0 bridgehead atoms. The Kier molecular flexibility index (Phi) is 4.37. The first-order valence-electron chi connectivity index (χ1n) is 6.56. The van der Waals surface area contributed by atoms with E-state index < -0.39 is 5.60 Å². The molecule has 0 aromatic carbocycles. The van der Waals surface area contributed by atoms with E-state index >= 15 is 0 Å². The molecule has 0 aliphatic heterocycles. The fourth-order valence-corrected chi connectivity index (χ4v) is 3.03. The summed E-state index contributed by atoms with van der Waals surface area (Å²) in [6.45, 7) is 2.35. The summed E-state index contributed by atoms with van der Waals surface area (Å²) in [7, 11) is 1.73. The molecule has 104 valence electrons. The van der Waals surface area contributed by atoms with Crippen molar-refractivity contribution in [3.05, 3.63) is 22.2 Å². The minimum Gasteiger partial charge on any atom is -0.388 e. The number of carbonyl (C=O) groups excluding carboxylic acids is 1. The maximum absolute atomic E-state index is 12.0. The van der Waals surface area contributed by atoms with Gasteiger partial charge in [-0.25, -0.2) is 4.98 Å². The highest BCUT2D eigenvalue weighted by Gasteiger charge is 2.32. The van der Waals surface area contributed by atoms with Gasteiger partial charge in [0.1, 0.15) is 0 Å². The van der Waals surface area contributed by atoms with Crippen LogP contribution in [0.4, 0.5) is 0 Å². The van der Waals surface area contributed by atoms with Crippen LogP contribution in [0.3, 0.4) is 0 Å². The van der Waals surface area contributed by atoms with E-state index in [1.807, 2.05) is 12.3 Å². The van der Waals surface area contributed by atoms with Gasteiger partial charge in [-0.15, -0.1) is 11.3 Å². The fraction of sp³-hybridized carbons (Fsp3) is 0.571. The first-order valence-corrected chi connectivity index (χ1v) is 7.44. The van der Waals surface area contributed by atoms with Gasteiger partial charge in [0.25, 0.3) is 0 Å². The second-order valence-corrected chi connectivity index (χ2v) is 6.31. The van der Waals surface area contributed by atoms with Crippen molar-refractivity contribution in [2.24, 2.45) is 0 Å². The average Bonchev–Trinajstić information content (AvgIpc) is 2.95. The third kappa shape index (κ3) is 3.88. The molecule has 5 heteroatoms. The molecule has 1 N–H and O–H groups in total. The normalized spacial score (nSPS) is 18.1. The van der Waals surface area contributed by atoms with Crippen LogP contribution in [0.1, 0.15) is 36.4 Å². The standard InChI is InChI=1S/C14H20N2O2S/c1-11-15-12(9-19-11)5-6-13(17)16(2)10-14(18)7-3-4-8-14/h5-6,9,18H,3-4,7-8,10H2,1-2H3/b6-5+. The summed E-state index contributed by atoms with van der Waals surface area (Å²) in [6.07, 6.45) is 6.92. The van der Waals surface area contributed by atoms with Gasteiger partial charge in [0.05, 0.1) is 16.3 Å². The quantitative estimate of drug-likeness (QED) is 0.861. The number of aromatic nitrogens is 1. The lowest BCUT2D eigenvalue weighted by atomic mass is 10.0. The first kappa shape index (κ1) is 14.2. The molecule has 0 atom stereocenters. The monoisotopic (exact) mass is 280 g/mol. The molecule has 1 saturated carbocycles. The zero-order valence-corrected chi connectivity index (χ0v) is 12.2. The van der Waals surface area contributed by atoms with E-state index in [0.29, 0.717) is 6.54 Å². The highest BCUT2D eigenvalue weighted by atomic mass is 32.1. The van der Waals surface area contributed by atoms with Crippen LogP contribution >= 0.6 is 11.3 Å². The van der Waals surface area contributed by atoms with Crippen LogP contribution in [0, 0.1) is 6.92 Å². The summed E-state index contributed by atoms with van der Waals surface area (Å²) in [5, 5.41) is 13.2.